The van der Waals surface area contributed by atoms with E-state index in [1.807, 2.05) is 12.1 Å². The molecular formula is C13H21ClN2O. The van der Waals surface area contributed by atoms with E-state index in [1.165, 1.54) is 0 Å². The summed E-state index contributed by atoms with van der Waals surface area (Å²) in [5, 5.41) is 0.795. The fraction of sp³-hybridized carbons (Fsp3) is 0.538. The number of likely N-dealkylation sites (N-methyl/N-ethyl adjacent to an activating group) is 1. The summed E-state index contributed by atoms with van der Waals surface area (Å²) in [4.78, 5) is 2.30. The van der Waals surface area contributed by atoms with E-state index in [4.69, 9.17) is 22.1 Å². The fourth-order valence-corrected chi connectivity index (χ4v) is 1.92. The van der Waals surface area contributed by atoms with Gasteiger partial charge < -0.3 is 10.5 Å². The Bertz CT molecular complexity index is 344. The van der Waals surface area contributed by atoms with E-state index in [9.17, 15) is 0 Å². The summed E-state index contributed by atoms with van der Waals surface area (Å²) < 4.78 is 5.09. The van der Waals surface area contributed by atoms with Crippen molar-refractivity contribution in [3.63, 3.8) is 0 Å². The van der Waals surface area contributed by atoms with Gasteiger partial charge in [-0.05, 0) is 23.7 Å². The van der Waals surface area contributed by atoms with Crippen LogP contribution >= 0.6 is 11.6 Å². The van der Waals surface area contributed by atoms with Crippen LogP contribution in [0.2, 0.25) is 5.02 Å². The number of nitrogens with zero attached hydrogens (tertiary/aromatic N) is 1. The first kappa shape index (κ1) is 14.5. The maximum atomic E-state index is 6.23. The molecular weight excluding hydrogens is 236 g/mol. The van der Waals surface area contributed by atoms with Gasteiger partial charge in [-0.1, -0.05) is 30.7 Å². The molecule has 1 aromatic carbocycles. The number of nitrogens with two attached hydrogens (primary N) is 1. The largest absolute Gasteiger partial charge is 0.383 e. The molecule has 0 bridgehead atoms. The number of ether oxygens (including phenoxy) is 1. The predicted molar refractivity (Wildman–Crippen MR) is 72.2 cm³/mol. The number of hydrogen-bond donors (Lipinski definition) is 1. The van der Waals surface area contributed by atoms with Crippen LogP contribution in [0.25, 0.3) is 0 Å². The van der Waals surface area contributed by atoms with Crippen molar-refractivity contribution in [1.29, 1.82) is 0 Å². The average molecular weight is 257 g/mol. The van der Waals surface area contributed by atoms with Gasteiger partial charge in [0.1, 0.15) is 0 Å². The van der Waals surface area contributed by atoms with Gasteiger partial charge >= 0.3 is 0 Å². The zero-order chi connectivity index (χ0) is 12.7. The normalized spacial score (nSPS) is 11.1. The molecule has 96 valence electrons. The Labute approximate surface area is 109 Å². The van der Waals surface area contributed by atoms with Crippen LogP contribution in [-0.4, -0.2) is 31.7 Å². The number of methoxy groups -OCH3 is 1. The Morgan fingerprint density at radius 2 is 2.18 bits per heavy atom. The Kier molecular flexibility index (Phi) is 6.52. The van der Waals surface area contributed by atoms with Gasteiger partial charge in [-0.15, -0.1) is 0 Å². The molecule has 1 aromatic rings. The van der Waals surface area contributed by atoms with Crippen LogP contribution in [0.3, 0.4) is 0 Å². The molecule has 4 heteroatoms. The van der Waals surface area contributed by atoms with E-state index in [2.05, 4.69) is 17.9 Å². The molecule has 0 unspecified atom stereocenters. The van der Waals surface area contributed by atoms with Gasteiger partial charge in [0, 0.05) is 31.8 Å². The summed E-state index contributed by atoms with van der Waals surface area (Å²) in [6, 6.07) is 6.03. The van der Waals surface area contributed by atoms with Gasteiger partial charge in [0.05, 0.1) is 6.61 Å². The van der Waals surface area contributed by atoms with Crippen molar-refractivity contribution in [3.8, 4) is 0 Å². The Morgan fingerprint density at radius 3 is 2.71 bits per heavy atom. The molecule has 1 rings (SSSR count). The van der Waals surface area contributed by atoms with Crippen LogP contribution in [0, 0.1) is 0 Å². The minimum absolute atomic E-state index is 0.529. The second-order valence-corrected chi connectivity index (χ2v) is 4.40. The van der Waals surface area contributed by atoms with Gasteiger partial charge in [-0.2, -0.15) is 0 Å². The molecule has 0 aliphatic carbocycles. The topological polar surface area (TPSA) is 38.5 Å². The highest BCUT2D eigenvalue weighted by atomic mass is 35.5. The molecule has 0 aromatic heterocycles. The maximum absolute atomic E-state index is 6.23. The van der Waals surface area contributed by atoms with Crippen molar-refractivity contribution in [2.45, 2.75) is 20.0 Å². The predicted octanol–water partition coefficient (Wildman–Crippen LogP) is 2.27. The summed E-state index contributed by atoms with van der Waals surface area (Å²) in [6.45, 7) is 6.16. The zero-order valence-corrected chi connectivity index (χ0v) is 11.3. The van der Waals surface area contributed by atoms with Crippen molar-refractivity contribution in [2.24, 2.45) is 5.73 Å². The van der Waals surface area contributed by atoms with Gasteiger partial charge in [0.15, 0.2) is 0 Å². The SMILES string of the molecule is CCN(CCOC)Cc1ccc(CN)cc1Cl. The van der Waals surface area contributed by atoms with E-state index >= 15 is 0 Å². The number of hydrogen-bond acceptors (Lipinski definition) is 3. The van der Waals surface area contributed by atoms with Crippen LogP contribution in [0.5, 0.6) is 0 Å². The van der Waals surface area contributed by atoms with E-state index < -0.39 is 0 Å². The Balaban J connectivity index is 2.65. The summed E-state index contributed by atoms with van der Waals surface area (Å²) in [6.07, 6.45) is 0. The molecule has 0 aliphatic heterocycles. The van der Waals surface area contributed by atoms with E-state index in [1.54, 1.807) is 7.11 Å². The van der Waals surface area contributed by atoms with Crippen LogP contribution in [0.4, 0.5) is 0 Å². The van der Waals surface area contributed by atoms with E-state index in [-0.39, 0.29) is 0 Å². The standard InChI is InChI=1S/C13H21ClN2O/c1-3-16(6-7-17-2)10-12-5-4-11(9-15)8-13(12)14/h4-5,8H,3,6-7,9-10,15H2,1-2H3. The first-order valence-corrected chi connectivity index (χ1v) is 6.27. The van der Waals surface area contributed by atoms with Crippen LogP contribution in [0.15, 0.2) is 18.2 Å². The van der Waals surface area contributed by atoms with Gasteiger partial charge in [0.25, 0.3) is 0 Å². The van der Waals surface area contributed by atoms with E-state index in [0.29, 0.717) is 6.54 Å². The highest BCUT2D eigenvalue weighted by Crippen LogP contribution is 2.19. The fourth-order valence-electron chi connectivity index (χ4n) is 1.66. The summed E-state index contributed by atoms with van der Waals surface area (Å²) in [5.41, 5.74) is 7.79. The zero-order valence-electron chi connectivity index (χ0n) is 10.6. The minimum Gasteiger partial charge on any atom is -0.383 e. The highest BCUT2D eigenvalue weighted by molar-refractivity contribution is 6.31. The lowest BCUT2D eigenvalue weighted by molar-refractivity contribution is 0.147. The van der Waals surface area contributed by atoms with Gasteiger partial charge in [-0.3, -0.25) is 4.90 Å². The van der Waals surface area contributed by atoms with Crippen LogP contribution < -0.4 is 5.73 Å². The van der Waals surface area contributed by atoms with Crippen molar-refractivity contribution >= 4 is 11.6 Å². The van der Waals surface area contributed by atoms with Gasteiger partial charge in [0.2, 0.25) is 0 Å². The quantitative estimate of drug-likeness (QED) is 0.813. The Hall–Kier alpha value is -0.610. The molecule has 0 aliphatic rings. The molecule has 0 radical (unpaired) electrons. The summed E-state index contributed by atoms with van der Waals surface area (Å²) in [7, 11) is 1.72. The lowest BCUT2D eigenvalue weighted by Crippen LogP contribution is -2.26. The number of rotatable bonds is 7. The van der Waals surface area contributed by atoms with Crippen molar-refractivity contribution < 1.29 is 4.74 Å². The van der Waals surface area contributed by atoms with Crippen molar-refractivity contribution in [1.82, 2.24) is 4.90 Å². The van der Waals surface area contributed by atoms with Crippen LogP contribution in [-0.2, 0) is 17.8 Å². The monoisotopic (exact) mass is 256 g/mol. The second-order valence-electron chi connectivity index (χ2n) is 3.99. The van der Waals surface area contributed by atoms with Gasteiger partial charge in [-0.25, -0.2) is 0 Å². The van der Waals surface area contributed by atoms with E-state index in [0.717, 1.165) is 42.4 Å². The molecule has 0 saturated heterocycles. The molecule has 0 amide bonds. The molecule has 2 N–H and O–H groups in total. The smallest absolute Gasteiger partial charge is 0.0589 e. The first-order valence-electron chi connectivity index (χ1n) is 5.90. The number of halogens is 1. The first-order chi connectivity index (χ1) is 8.21. The molecule has 0 atom stereocenters. The molecule has 3 nitrogen and oxygen atoms in total. The summed E-state index contributed by atoms with van der Waals surface area (Å²) in [5.74, 6) is 0. The lowest BCUT2D eigenvalue weighted by Gasteiger charge is -2.20. The maximum Gasteiger partial charge on any atom is 0.0589 e. The second kappa shape index (κ2) is 7.67. The third-order valence-electron chi connectivity index (χ3n) is 2.81. The molecule has 0 saturated carbocycles. The third-order valence-corrected chi connectivity index (χ3v) is 3.16. The summed E-state index contributed by atoms with van der Waals surface area (Å²) >= 11 is 6.23. The molecule has 0 heterocycles. The Morgan fingerprint density at radius 1 is 1.41 bits per heavy atom. The third kappa shape index (κ3) is 4.64. The highest BCUT2D eigenvalue weighted by Gasteiger charge is 2.07. The minimum atomic E-state index is 0.529. The van der Waals surface area contributed by atoms with Crippen molar-refractivity contribution in [3.05, 3.63) is 34.3 Å². The molecule has 0 fully saturated rings. The lowest BCUT2D eigenvalue weighted by atomic mass is 10.1. The molecule has 0 spiro atoms. The number of benzene rings is 1. The van der Waals surface area contributed by atoms with Crippen molar-refractivity contribution in [2.75, 3.05) is 26.8 Å². The van der Waals surface area contributed by atoms with Crippen LogP contribution in [0.1, 0.15) is 18.1 Å². The molecule has 17 heavy (non-hydrogen) atoms. The average Bonchev–Trinajstić information content (AvgIpc) is 2.36.